The molecule has 8 nitrogen and oxygen atoms in total. The summed E-state index contributed by atoms with van der Waals surface area (Å²) in [6, 6.07) is 0. The van der Waals surface area contributed by atoms with Crippen LogP contribution in [0.25, 0.3) is 0 Å². The molecule has 0 heterocycles. The second-order valence-corrected chi connectivity index (χ2v) is 18.8. The van der Waals surface area contributed by atoms with Gasteiger partial charge >= 0.3 is 13.8 Å². The second-order valence-electron chi connectivity index (χ2n) is 17.4. The van der Waals surface area contributed by atoms with Crippen molar-refractivity contribution in [2.24, 2.45) is 5.73 Å². The SMILES string of the molecule is CC/C=C\C/C=C\C/C=C\C/C=C\C/C=C\C/C=C\CCC(=O)OC(COCCCCCCCCCCCCCCCCCCCCCCCCCCCC)COP(=O)(O)OCCN. The molecule has 0 amide bonds. The van der Waals surface area contributed by atoms with Gasteiger partial charge in [0.2, 0.25) is 0 Å². The highest BCUT2D eigenvalue weighted by Crippen LogP contribution is 2.43. The molecule has 0 aliphatic carbocycles. The molecule has 9 heteroatoms. The zero-order chi connectivity index (χ0) is 46.5. The van der Waals surface area contributed by atoms with Crippen molar-refractivity contribution >= 4 is 13.8 Å². The average Bonchev–Trinajstić information content (AvgIpc) is 3.29. The van der Waals surface area contributed by atoms with E-state index in [-0.39, 0.29) is 32.8 Å². The predicted octanol–water partition coefficient (Wildman–Crippen LogP) is 16.6. The van der Waals surface area contributed by atoms with Gasteiger partial charge in [0.05, 0.1) is 19.8 Å². The van der Waals surface area contributed by atoms with Crippen LogP contribution in [-0.4, -0.2) is 49.9 Å². The number of hydrogen-bond donors (Lipinski definition) is 2. The van der Waals surface area contributed by atoms with E-state index >= 15 is 0 Å². The normalized spacial score (nSPS) is 13.9. The second kappa shape index (κ2) is 51.9. The summed E-state index contributed by atoms with van der Waals surface area (Å²) in [4.78, 5) is 22.5. The zero-order valence-electron chi connectivity index (χ0n) is 41.5. The third kappa shape index (κ3) is 50.9. The molecule has 0 saturated carbocycles. The molecule has 0 rings (SSSR count). The van der Waals surface area contributed by atoms with E-state index in [2.05, 4.69) is 74.6 Å². The van der Waals surface area contributed by atoms with E-state index in [0.717, 1.165) is 51.4 Å². The summed E-state index contributed by atoms with van der Waals surface area (Å²) in [6.07, 6.45) is 66.9. The molecule has 0 spiro atoms. The topological polar surface area (TPSA) is 117 Å². The van der Waals surface area contributed by atoms with Crippen LogP contribution < -0.4 is 5.73 Å². The third-order valence-electron chi connectivity index (χ3n) is 11.2. The zero-order valence-corrected chi connectivity index (χ0v) is 42.4. The van der Waals surface area contributed by atoms with Gasteiger partial charge in [0.25, 0.3) is 0 Å². The number of ether oxygens (including phenoxy) is 2. The molecule has 0 fully saturated rings. The van der Waals surface area contributed by atoms with E-state index in [1.165, 1.54) is 154 Å². The van der Waals surface area contributed by atoms with Crippen LogP contribution in [0.15, 0.2) is 72.9 Å². The van der Waals surface area contributed by atoms with Crippen LogP contribution in [0.4, 0.5) is 0 Å². The van der Waals surface area contributed by atoms with Crippen molar-refractivity contribution in [3.05, 3.63) is 72.9 Å². The fraction of sp³-hybridized carbons (Fsp3) is 0.764. The Morgan fingerprint density at radius 2 is 0.844 bits per heavy atom. The van der Waals surface area contributed by atoms with Crippen molar-refractivity contribution in [3.63, 3.8) is 0 Å². The molecule has 2 unspecified atom stereocenters. The predicted molar refractivity (Wildman–Crippen MR) is 275 cm³/mol. The van der Waals surface area contributed by atoms with Crippen LogP contribution in [0.1, 0.15) is 232 Å². The van der Waals surface area contributed by atoms with Crippen molar-refractivity contribution < 1.29 is 32.8 Å². The number of nitrogens with two attached hydrogens (primary N) is 1. The van der Waals surface area contributed by atoms with Gasteiger partial charge in [-0.3, -0.25) is 13.8 Å². The maximum atomic E-state index is 12.6. The fourth-order valence-electron chi connectivity index (χ4n) is 7.32. The Morgan fingerprint density at radius 1 is 0.484 bits per heavy atom. The Kier molecular flexibility index (Phi) is 50.2. The Balaban J connectivity index is 3.97. The molecule has 372 valence electrons. The molecule has 0 saturated heterocycles. The summed E-state index contributed by atoms with van der Waals surface area (Å²) in [6.45, 7) is 4.73. The Hall–Kier alpha value is -2.06. The van der Waals surface area contributed by atoms with Crippen molar-refractivity contribution in [3.8, 4) is 0 Å². The monoisotopic (exact) mass is 918 g/mol. The first kappa shape index (κ1) is 61.9. The first-order valence-corrected chi connectivity index (χ1v) is 27.9. The lowest BCUT2D eigenvalue weighted by molar-refractivity contribution is -0.154. The molecule has 0 aliphatic rings. The van der Waals surface area contributed by atoms with Crippen molar-refractivity contribution in [1.82, 2.24) is 0 Å². The minimum absolute atomic E-state index is 0.0853. The van der Waals surface area contributed by atoms with E-state index in [4.69, 9.17) is 24.3 Å². The summed E-state index contributed by atoms with van der Waals surface area (Å²) < 4.78 is 33.5. The van der Waals surface area contributed by atoms with Gasteiger partial charge < -0.3 is 20.1 Å². The molecule has 64 heavy (non-hydrogen) atoms. The Morgan fingerprint density at radius 3 is 1.22 bits per heavy atom. The standard InChI is InChI=1S/C55H100NO7P/c1-3-5-7-9-11-13-15-17-19-21-23-24-25-26-27-28-29-31-33-35-37-39-41-43-45-47-50-60-52-54(53-62-64(58,59)61-51-49-56)63-55(57)48-46-44-42-40-38-36-34-32-30-22-20-18-16-14-12-10-8-6-4-2/h6,8,12,14,18,20,30,32,36,38,42,44,54H,3-5,7,9-11,13,15-17,19,21-29,31,33-35,37,39-41,43,45-53,56H2,1-2H3,(H,58,59)/b8-6-,14-12-,20-18-,32-30-,38-36-,44-42-. The lowest BCUT2D eigenvalue weighted by Gasteiger charge is -2.20. The van der Waals surface area contributed by atoms with Gasteiger partial charge in [-0.25, -0.2) is 4.57 Å². The third-order valence-corrected chi connectivity index (χ3v) is 12.1. The molecule has 0 aliphatic heterocycles. The summed E-state index contributed by atoms with van der Waals surface area (Å²) in [5, 5.41) is 0. The number of allylic oxidation sites excluding steroid dienone is 12. The molecule has 0 aromatic heterocycles. The molecule has 0 aromatic carbocycles. The van der Waals surface area contributed by atoms with Crippen molar-refractivity contribution in [2.75, 3.05) is 33.0 Å². The van der Waals surface area contributed by atoms with Gasteiger partial charge in [0, 0.05) is 19.6 Å². The lowest BCUT2D eigenvalue weighted by atomic mass is 10.0. The number of phosphoric acid groups is 1. The highest BCUT2D eigenvalue weighted by atomic mass is 31.2. The van der Waals surface area contributed by atoms with Gasteiger partial charge in [-0.15, -0.1) is 0 Å². The molecule has 2 atom stereocenters. The van der Waals surface area contributed by atoms with E-state index in [0.29, 0.717) is 13.0 Å². The number of phosphoric ester groups is 1. The number of hydrogen-bond acceptors (Lipinski definition) is 7. The van der Waals surface area contributed by atoms with E-state index in [1.54, 1.807) is 0 Å². The van der Waals surface area contributed by atoms with Crippen LogP contribution >= 0.6 is 7.82 Å². The lowest BCUT2D eigenvalue weighted by Crippen LogP contribution is -2.28. The van der Waals surface area contributed by atoms with E-state index in [9.17, 15) is 14.3 Å². The molecular weight excluding hydrogens is 818 g/mol. The highest BCUT2D eigenvalue weighted by molar-refractivity contribution is 7.47. The van der Waals surface area contributed by atoms with Crippen molar-refractivity contribution in [2.45, 2.75) is 238 Å². The Bertz CT molecular complexity index is 1210. The minimum atomic E-state index is -4.31. The maximum Gasteiger partial charge on any atom is 0.472 e. The molecular formula is C55H100NO7P. The number of unbranched alkanes of at least 4 members (excludes halogenated alkanes) is 25. The first-order chi connectivity index (χ1) is 31.4. The van der Waals surface area contributed by atoms with Gasteiger partial charge in [0.15, 0.2) is 0 Å². The molecule has 0 radical (unpaired) electrons. The minimum Gasteiger partial charge on any atom is -0.457 e. The summed E-state index contributed by atoms with van der Waals surface area (Å²) >= 11 is 0. The number of rotatable bonds is 50. The summed E-state index contributed by atoms with van der Waals surface area (Å²) in [5.74, 6) is -0.410. The van der Waals surface area contributed by atoms with Gasteiger partial charge in [-0.05, 0) is 51.4 Å². The van der Waals surface area contributed by atoms with E-state index in [1.807, 2.05) is 12.2 Å². The van der Waals surface area contributed by atoms with Gasteiger partial charge in [-0.1, -0.05) is 247 Å². The van der Waals surface area contributed by atoms with Crippen LogP contribution in [0.3, 0.4) is 0 Å². The largest absolute Gasteiger partial charge is 0.472 e. The number of carbonyl (C=O) groups is 1. The molecule has 0 aromatic rings. The van der Waals surface area contributed by atoms with E-state index < -0.39 is 19.9 Å². The highest BCUT2D eigenvalue weighted by Gasteiger charge is 2.25. The molecule has 0 bridgehead atoms. The smallest absolute Gasteiger partial charge is 0.457 e. The van der Waals surface area contributed by atoms with Crippen LogP contribution in [0.2, 0.25) is 0 Å². The van der Waals surface area contributed by atoms with Crippen LogP contribution in [0, 0.1) is 0 Å². The fourth-order valence-corrected chi connectivity index (χ4v) is 8.08. The first-order valence-electron chi connectivity index (χ1n) is 26.4. The molecule has 3 N–H and O–H groups in total. The van der Waals surface area contributed by atoms with Crippen LogP contribution in [0.5, 0.6) is 0 Å². The van der Waals surface area contributed by atoms with Gasteiger partial charge in [-0.2, -0.15) is 0 Å². The number of carbonyl (C=O) groups excluding carboxylic acids is 1. The quantitative estimate of drug-likeness (QED) is 0.0268. The Labute approximate surface area is 395 Å². The van der Waals surface area contributed by atoms with Crippen LogP contribution in [-0.2, 0) is 27.9 Å². The maximum absolute atomic E-state index is 12.6. The van der Waals surface area contributed by atoms with Gasteiger partial charge in [0.1, 0.15) is 6.10 Å². The van der Waals surface area contributed by atoms with Crippen molar-refractivity contribution in [1.29, 1.82) is 0 Å². The summed E-state index contributed by atoms with van der Waals surface area (Å²) in [7, 11) is -4.31. The average molecular weight is 918 g/mol. The summed E-state index contributed by atoms with van der Waals surface area (Å²) in [5.41, 5.74) is 5.38. The number of esters is 1.